The van der Waals surface area contributed by atoms with Crippen LogP contribution in [0.25, 0.3) is 0 Å². The van der Waals surface area contributed by atoms with Gasteiger partial charge in [-0.3, -0.25) is 0 Å². The third kappa shape index (κ3) is 2.22. The van der Waals surface area contributed by atoms with Crippen LogP contribution in [0.2, 0.25) is 0 Å². The maximum Gasteiger partial charge on any atom is 0.404 e. The zero-order chi connectivity index (χ0) is 8.97. The van der Waals surface area contributed by atoms with E-state index in [4.69, 9.17) is 10.3 Å². The van der Waals surface area contributed by atoms with Crippen molar-refractivity contribution >= 4 is 6.09 Å². The van der Waals surface area contributed by atoms with Crippen LogP contribution in [0.1, 0.15) is 18.6 Å². The van der Waals surface area contributed by atoms with Gasteiger partial charge in [-0.15, -0.1) is 0 Å². The van der Waals surface area contributed by atoms with E-state index < -0.39 is 6.09 Å². The molecule has 0 aromatic carbocycles. The molecule has 1 amide bonds. The van der Waals surface area contributed by atoms with Crippen molar-refractivity contribution in [3.05, 3.63) is 11.7 Å². The molecule has 0 atom stereocenters. The summed E-state index contributed by atoms with van der Waals surface area (Å²) in [5.41, 5.74) is 4.73. The zero-order valence-electron chi connectivity index (χ0n) is 6.61. The molecule has 66 valence electrons. The summed E-state index contributed by atoms with van der Waals surface area (Å²) >= 11 is 0. The molecule has 2 N–H and O–H groups in total. The Morgan fingerprint density at radius 3 is 3.00 bits per heavy atom. The van der Waals surface area contributed by atoms with Crippen LogP contribution < -0.4 is 5.73 Å². The molecule has 12 heavy (non-hydrogen) atoms. The second kappa shape index (κ2) is 3.70. The van der Waals surface area contributed by atoms with E-state index in [1.807, 2.05) is 6.92 Å². The highest BCUT2D eigenvalue weighted by Gasteiger charge is 2.05. The minimum absolute atomic E-state index is 0.0428. The monoisotopic (exact) mass is 171 g/mol. The van der Waals surface area contributed by atoms with Crippen molar-refractivity contribution in [3.63, 3.8) is 0 Å². The summed E-state index contributed by atoms with van der Waals surface area (Å²) in [6, 6.07) is 0. The summed E-state index contributed by atoms with van der Waals surface area (Å²) in [6.07, 6.45) is -0.193. The first-order valence-corrected chi connectivity index (χ1v) is 3.46. The standard InChI is InChI=1S/C6H9N3O3/c1-2-5-8-4(9-12-5)3-11-6(7)10/h2-3H2,1H3,(H2,7,10). The van der Waals surface area contributed by atoms with Crippen LogP contribution >= 0.6 is 0 Å². The van der Waals surface area contributed by atoms with Gasteiger partial charge in [0.1, 0.15) is 0 Å². The molecule has 0 saturated heterocycles. The highest BCUT2D eigenvalue weighted by molar-refractivity contribution is 5.64. The number of carbonyl (C=O) groups is 1. The van der Waals surface area contributed by atoms with Crippen LogP contribution in [0.15, 0.2) is 4.52 Å². The third-order valence-electron chi connectivity index (χ3n) is 1.16. The number of carbonyl (C=O) groups excluding carboxylic acids is 1. The number of primary amides is 1. The molecule has 0 fully saturated rings. The number of nitrogens with two attached hydrogens (primary N) is 1. The van der Waals surface area contributed by atoms with Gasteiger partial charge in [-0.25, -0.2) is 4.79 Å². The fourth-order valence-electron chi connectivity index (χ4n) is 0.628. The average molecular weight is 171 g/mol. The van der Waals surface area contributed by atoms with Crippen molar-refractivity contribution in [1.29, 1.82) is 0 Å². The van der Waals surface area contributed by atoms with Crippen LogP contribution in [0.4, 0.5) is 4.79 Å². The molecule has 1 heterocycles. The lowest BCUT2D eigenvalue weighted by molar-refractivity contribution is 0.146. The van der Waals surface area contributed by atoms with Crippen molar-refractivity contribution in [3.8, 4) is 0 Å². The number of aromatic nitrogens is 2. The predicted molar refractivity (Wildman–Crippen MR) is 38.0 cm³/mol. The molecule has 0 radical (unpaired) electrons. The van der Waals surface area contributed by atoms with E-state index in [1.165, 1.54) is 0 Å². The maximum atomic E-state index is 10.2. The molecule has 0 unspecified atom stereocenters. The van der Waals surface area contributed by atoms with E-state index in [1.54, 1.807) is 0 Å². The fourth-order valence-corrected chi connectivity index (χ4v) is 0.628. The van der Waals surface area contributed by atoms with E-state index in [0.29, 0.717) is 18.1 Å². The van der Waals surface area contributed by atoms with Crippen molar-refractivity contribution in [2.75, 3.05) is 0 Å². The summed E-state index contributed by atoms with van der Waals surface area (Å²) in [4.78, 5) is 14.1. The summed E-state index contributed by atoms with van der Waals surface area (Å²) in [5.74, 6) is 0.837. The molecule has 0 aliphatic rings. The van der Waals surface area contributed by atoms with Crippen LogP contribution in [0.3, 0.4) is 0 Å². The summed E-state index contributed by atoms with van der Waals surface area (Å²) in [5, 5.41) is 3.54. The number of amides is 1. The van der Waals surface area contributed by atoms with E-state index in [9.17, 15) is 4.79 Å². The minimum atomic E-state index is -0.849. The first kappa shape index (κ1) is 8.51. The van der Waals surface area contributed by atoms with Gasteiger partial charge in [0.15, 0.2) is 6.61 Å². The summed E-state index contributed by atoms with van der Waals surface area (Å²) in [7, 11) is 0. The van der Waals surface area contributed by atoms with E-state index in [0.717, 1.165) is 0 Å². The number of hydrogen-bond donors (Lipinski definition) is 1. The zero-order valence-corrected chi connectivity index (χ0v) is 6.61. The van der Waals surface area contributed by atoms with E-state index in [2.05, 4.69) is 14.9 Å². The van der Waals surface area contributed by atoms with Crippen LogP contribution in [0, 0.1) is 0 Å². The smallest absolute Gasteiger partial charge is 0.404 e. The lowest BCUT2D eigenvalue weighted by Gasteiger charge is -1.93. The van der Waals surface area contributed by atoms with Crippen molar-refractivity contribution < 1.29 is 14.1 Å². The molecule has 0 aliphatic heterocycles. The Balaban J connectivity index is 2.47. The van der Waals surface area contributed by atoms with Gasteiger partial charge in [0.2, 0.25) is 11.7 Å². The number of hydrogen-bond acceptors (Lipinski definition) is 5. The molecule has 0 spiro atoms. The first-order chi connectivity index (χ1) is 5.72. The SMILES string of the molecule is CCc1nc(COC(N)=O)no1. The second-order valence-electron chi connectivity index (χ2n) is 2.07. The Kier molecular flexibility index (Phi) is 2.62. The fraction of sp³-hybridized carbons (Fsp3) is 0.500. The number of rotatable bonds is 3. The van der Waals surface area contributed by atoms with Crippen molar-refractivity contribution in [2.24, 2.45) is 5.73 Å². The molecule has 6 nitrogen and oxygen atoms in total. The topological polar surface area (TPSA) is 91.2 Å². The number of aryl methyl sites for hydroxylation is 1. The molecule has 0 aliphatic carbocycles. The summed E-state index contributed by atoms with van der Waals surface area (Å²) < 4.78 is 9.19. The van der Waals surface area contributed by atoms with Gasteiger partial charge in [0.05, 0.1) is 0 Å². The molecular formula is C6H9N3O3. The molecule has 1 rings (SSSR count). The van der Waals surface area contributed by atoms with Crippen molar-refractivity contribution in [1.82, 2.24) is 10.1 Å². The number of ether oxygens (including phenoxy) is 1. The quantitative estimate of drug-likeness (QED) is 0.702. The number of nitrogens with zero attached hydrogens (tertiary/aromatic N) is 2. The average Bonchev–Trinajstić information content (AvgIpc) is 2.48. The van der Waals surface area contributed by atoms with E-state index >= 15 is 0 Å². The molecule has 1 aromatic rings. The maximum absolute atomic E-state index is 10.2. The molecular weight excluding hydrogens is 162 g/mol. The Morgan fingerprint density at radius 2 is 2.50 bits per heavy atom. The largest absolute Gasteiger partial charge is 0.441 e. The third-order valence-corrected chi connectivity index (χ3v) is 1.16. The first-order valence-electron chi connectivity index (χ1n) is 3.46. The van der Waals surface area contributed by atoms with E-state index in [-0.39, 0.29) is 6.61 Å². The van der Waals surface area contributed by atoms with Gasteiger partial charge in [0.25, 0.3) is 0 Å². The van der Waals surface area contributed by atoms with Gasteiger partial charge in [-0.1, -0.05) is 12.1 Å². The van der Waals surface area contributed by atoms with Gasteiger partial charge in [-0.05, 0) is 0 Å². The van der Waals surface area contributed by atoms with Crippen molar-refractivity contribution in [2.45, 2.75) is 20.0 Å². The molecule has 1 aromatic heterocycles. The normalized spacial score (nSPS) is 9.75. The highest BCUT2D eigenvalue weighted by atomic mass is 16.5. The van der Waals surface area contributed by atoms with Crippen LogP contribution in [-0.4, -0.2) is 16.2 Å². The van der Waals surface area contributed by atoms with Gasteiger partial charge in [0, 0.05) is 6.42 Å². The van der Waals surface area contributed by atoms with Crippen LogP contribution in [-0.2, 0) is 17.8 Å². The molecule has 0 bridgehead atoms. The van der Waals surface area contributed by atoms with Gasteiger partial charge >= 0.3 is 6.09 Å². The minimum Gasteiger partial charge on any atom is -0.441 e. The Morgan fingerprint density at radius 1 is 1.75 bits per heavy atom. The molecule has 6 heteroatoms. The Hall–Kier alpha value is -1.59. The van der Waals surface area contributed by atoms with Crippen LogP contribution in [0.5, 0.6) is 0 Å². The van der Waals surface area contributed by atoms with Gasteiger partial charge in [-0.2, -0.15) is 4.98 Å². The Labute approximate surface area is 68.7 Å². The highest BCUT2D eigenvalue weighted by Crippen LogP contribution is 1.98. The van der Waals surface area contributed by atoms with Gasteiger partial charge < -0.3 is 15.0 Å². The molecule has 0 saturated carbocycles. The second-order valence-corrected chi connectivity index (χ2v) is 2.07. The lowest BCUT2D eigenvalue weighted by Crippen LogP contribution is -2.13. The Bertz CT molecular complexity index is 271. The summed E-state index contributed by atoms with van der Waals surface area (Å²) in [6.45, 7) is 1.84. The lowest BCUT2D eigenvalue weighted by atomic mass is 10.5. The predicted octanol–water partition coefficient (Wildman–Crippen LogP) is 0.227.